The van der Waals surface area contributed by atoms with Crippen LogP contribution < -0.4 is 21.7 Å². The molecule has 7 heteroatoms. The van der Waals surface area contributed by atoms with E-state index in [0.717, 1.165) is 5.56 Å². The number of amides is 1. The Morgan fingerprint density at radius 1 is 1.00 bits per heavy atom. The second kappa shape index (κ2) is 8.11. The van der Waals surface area contributed by atoms with Crippen LogP contribution in [-0.2, 0) is 6.42 Å². The molecule has 0 aliphatic heterocycles. The van der Waals surface area contributed by atoms with Crippen molar-refractivity contribution in [1.82, 2.24) is 10.4 Å². The highest BCUT2D eigenvalue weighted by molar-refractivity contribution is 6.09. The molecule has 1 heterocycles. The Bertz CT molecular complexity index is 957. The number of nitrogens with zero attached hydrogens (tertiary/aromatic N) is 1. The summed E-state index contributed by atoms with van der Waals surface area (Å²) >= 11 is 0. The molecule has 1 amide bonds. The maximum absolute atomic E-state index is 13.0. The maximum atomic E-state index is 13.0. The quantitative estimate of drug-likeness (QED) is 0.204. The van der Waals surface area contributed by atoms with Crippen molar-refractivity contribution in [2.75, 3.05) is 5.73 Å². The number of nitrogen functional groups attached to an aromatic ring is 2. The fourth-order valence-corrected chi connectivity index (χ4v) is 2.57. The smallest absolute Gasteiger partial charge is 0.284 e. The van der Waals surface area contributed by atoms with Crippen molar-refractivity contribution in [3.8, 4) is 11.5 Å². The van der Waals surface area contributed by atoms with Gasteiger partial charge in [-0.3, -0.25) is 15.0 Å². The van der Waals surface area contributed by atoms with Gasteiger partial charge in [0.15, 0.2) is 5.78 Å². The molecule has 0 aliphatic rings. The van der Waals surface area contributed by atoms with Crippen molar-refractivity contribution in [3.63, 3.8) is 0 Å². The first-order valence-electron chi connectivity index (χ1n) is 8.19. The lowest BCUT2D eigenvalue weighted by atomic mass is 10.0. The molecule has 3 aromatic rings. The van der Waals surface area contributed by atoms with Crippen molar-refractivity contribution >= 4 is 17.4 Å². The highest BCUT2D eigenvalue weighted by atomic mass is 16.5. The van der Waals surface area contributed by atoms with Crippen LogP contribution in [0.3, 0.4) is 0 Å². The number of ether oxygens (including phenoxy) is 1. The average molecular weight is 362 g/mol. The number of aromatic nitrogens is 1. The van der Waals surface area contributed by atoms with Crippen LogP contribution in [0.5, 0.6) is 11.5 Å². The van der Waals surface area contributed by atoms with Crippen LogP contribution in [0.1, 0.15) is 26.4 Å². The van der Waals surface area contributed by atoms with Crippen molar-refractivity contribution in [2.24, 2.45) is 5.84 Å². The van der Waals surface area contributed by atoms with Crippen LogP contribution in [0.2, 0.25) is 0 Å². The van der Waals surface area contributed by atoms with E-state index >= 15 is 0 Å². The molecular formula is C20H18N4O3. The van der Waals surface area contributed by atoms with Crippen LogP contribution in [0, 0.1) is 0 Å². The second-order valence-corrected chi connectivity index (χ2v) is 5.76. The second-order valence-electron chi connectivity index (χ2n) is 5.76. The van der Waals surface area contributed by atoms with Gasteiger partial charge in [0.2, 0.25) is 0 Å². The lowest BCUT2D eigenvalue weighted by molar-refractivity contribution is 0.0928. The fourth-order valence-electron chi connectivity index (χ4n) is 2.57. The van der Waals surface area contributed by atoms with E-state index < -0.39 is 5.91 Å². The fraction of sp³-hybridized carbons (Fsp3) is 0.0500. The Morgan fingerprint density at radius 3 is 2.37 bits per heavy atom. The molecule has 0 saturated heterocycles. The van der Waals surface area contributed by atoms with Crippen LogP contribution >= 0.6 is 0 Å². The molecule has 0 saturated carbocycles. The molecular weight excluding hydrogens is 344 g/mol. The summed E-state index contributed by atoms with van der Waals surface area (Å²) in [6.45, 7) is 0. The first-order chi connectivity index (χ1) is 13.1. The summed E-state index contributed by atoms with van der Waals surface area (Å²) in [6, 6.07) is 17.4. The third-order valence-corrected chi connectivity index (χ3v) is 3.85. The van der Waals surface area contributed by atoms with Crippen LogP contribution in [0.25, 0.3) is 0 Å². The Morgan fingerprint density at radius 2 is 1.70 bits per heavy atom. The predicted octanol–water partition coefficient (Wildman–Crippen LogP) is 2.49. The molecule has 0 radical (unpaired) electrons. The summed E-state index contributed by atoms with van der Waals surface area (Å²) < 4.78 is 5.82. The number of benzene rings is 2. The zero-order chi connectivity index (χ0) is 19.2. The zero-order valence-electron chi connectivity index (χ0n) is 14.4. The number of nitrogens with two attached hydrogens (primary N) is 2. The Hall–Kier alpha value is -3.71. The van der Waals surface area contributed by atoms with Gasteiger partial charge in [-0.2, -0.15) is 0 Å². The molecule has 0 atom stereocenters. The predicted molar refractivity (Wildman–Crippen MR) is 101 cm³/mol. The van der Waals surface area contributed by atoms with Gasteiger partial charge >= 0.3 is 0 Å². The number of ketones is 1. The van der Waals surface area contributed by atoms with E-state index in [1.807, 2.05) is 35.8 Å². The average Bonchev–Trinajstić information content (AvgIpc) is 2.69. The number of hydrogen-bond donors (Lipinski definition) is 3. The van der Waals surface area contributed by atoms with Gasteiger partial charge in [0.05, 0.1) is 5.56 Å². The summed E-state index contributed by atoms with van der Waals surface area (Å²) in [5, 5.41) is 0. The van der Waals surface area contributed by atoms with Gasteiger partial charge in [0, 0.05) is 18.3 Å². The normalized spacial score (nSPS) is 10.3. The van der Waals surface area contributed by atoms with Gasteiger partial charge in [0.25, 0.3) is 5.91 Å². The van der Waals surface area contributed by atoms with E-state index in [9.17, 15) is 9.59 Å². The first kappa shape index (κ1) is 18.1. The van der Waals surface area contributed by atoms with Crippen molar-refractivity contribution < 1.29 is 14.3 Å². The molecule has 3 rings (SSSR count). The van der Waals surface area contributed by atoms with Gasteiger partial charge in [-0.1, -0.05) is 30.3 Å². The number of hydrogen-bond acceptors (Lipinski definition) is 6. The molecule has 7 nitrogen and oxygen atoms in total. The minimum Gasteiger partial charge on any atom is -0.456 e. The number of nitrogens with one attached hydrogen (secondary N) is 1. The van der Waals surface area contributed by atoms with Crippen LogP contribution in [0.4, 0.5) is 5.69 Å². The van der Waals surface area contributed by atoms with Gasteiger partial charge < -0.3 is 10.5 Å². The number of anilines is 1. The highest BCUT2D eigenvalue weighted by Crippen LogP contribution is 2.28. The molecule has 2 aromatic carbocycles. The number of hydrazine groups is 1. The summed E-state index contributed by atoms with van der Waals surface area (Å²) in [7, 11) is 0. The SMILES string of the molecule is NNC(=O)c1nccc(Oc2ccc(N)cc2)c1C(=O)Cc1ccccc1. The summed E-state index contributed by atoms with van der Waals surface area (Å²) in [5.41, 5.74) is 9.06. The molecule has 0 fully saturated rings. The minimum atomic E-state index is -0.672. The van der Waals surface area contributed by atoms with E-state index in [4.69, 9.17) is 16.3 Å². The number of Topliss-reactive ketones (excluding diaryl/α,β-unsaturated/α-hetero) is 1. The Kier molecular flexibility index (Phi) is 5.44. The summed E-state index contributed by atoms with van der Waals surface area (Å²) in [4.78, 5) is 29.1. The molecule has 0 bridgehead atoms. The van der Waals surface area contributed by atoms with E-state index in [0.29, 0.717) is 11.4 Å². The van der Waals surface area contributed by atoms with Gasteiger partial charge in [0.1, 0.15) is 17.2 Å². The standard InChI is InChI=1S/C20H18N4O3/c21-14-6-8-15(9-7-14)27-17-10-11-23-19(20(26)24-22)18(17)16(25)12-13-4-2-1-3-5-13/h1-11H,12,21-22H2,(H,24,26). The van der Waals surface area contributed by atoms with E-state index in [1.165, 1.54) is 12.3 Å². The van der Waals surface area contributed by atoms with E-state index in [1.54, 1.807) is 24.3 Å². The summed E-state index contributed by atoms with van der Waals surface area (Å²) in [5.74, 6) is 4.95. The minimum absolute atomic E-state index is 0.0705. The highest BCUT2D eigenvalue weighted by Gasteiger charge is 2.23. The molecule has 0 spiro atoms. The molecule has 1 aromatic heterocycles. The third-order valence-electron chi connectivity index (χ3n) is 3.85. The molecule has 0 aliphatic carbocycles. The van der Waals surface area contributed by atoms with Gasteiger partial charge in [-0.15, -0.1) is 0 Å². The van der Waals surface area contributed by atoms with Crippen LogP contribution in [-0.4, -0.2) is 16.7 Å². The van der Waals surface area contributed by atoms with Crippen molar-refractivity contribution in [2.45, 2.75) is 6.42 Å². The van der Waals surface area contributed by atoms with E-state index in [-0.39, 0.29) is 29.2 Å². The van der Waals surface area contributed by atoms with Gasteiger partial charge in [-0.25, -0.2) is 10.8 Å². The third kappa shape index (κ3) is 4.28. The Labute approximate surface area is 155 Å². The largest absolute Gasteiger partial charge is 0.456 e. The van der Waals surface area contributed by atoms with Crippen molar-refractivity contribution in [1.29, 1.82) is 0 Å². The summed E-state index contributed by atoms with van der Waals surface area (Å²) in [6.07, 6.45) is 1.48. The number of carbonyl (C=O) groups is 2. The topological polar surface area (TPSA) is 120 Å². The number of pyridine rings is 1. The molecule has 5 N–H and O–H groups in total. The molecule has 0 unspecified atom stereocenters. The first-order valence-corrected chi connectivity index (χ1v) is 8.19. The van der Waals surface area contributed by atoms with Crippen molar-refractivity contribution in [3.05, 3.63) is 83.7 Å². The number of carbonyl (C=O) groups excluding carboxylic acids is 2. The maximum Gasteiger partial charge on any atom is 0.284 e. The molecule has 136 valence electrons. The Balaban J connectivity index is 2.00. The lowest BCUT2D eigenvalue weighted by Gasteiger charge is -2.13. The van der Waals surface area contributed by atoms with Crippen LogP contribution in [0.15, 0.2) is 66.9 Å². The lowest BCUT2D eigenvalue weighted by Crippen LogP contribution is -2.32. The van der Waals surface area contributed by atoms with Gasteiger partial charge in [-0.05, 0) is 35.9 Å². The molecule has 27 heavy (non-hydrogen) atoms. The monoisotopic (exact) mass is 362 g/mol. The number of rotatable bonds is 6. The van der Waals surface area contributed by atoms with E-state index in [2.05, 4.69) is 4.98 Å². The zero-order valence-corrected chi connectivity index (χ0v) is 14.4.